The molecule has 1 N–H and O–H groups in total. The molecule has 0 saturated carbocycles. The fourth-order valence-electron chi connectivity index (χ4n) is 2.39. The molecule has 0 atom stereocenters. The summed E-state index contributed by atoms with van der Waals surface area (Å²) in [6, 6.07) is 9.24. The molecule has 114 valence electrons. The van der Waals surface area contributed by atoms with E-state index in [-0.39, 0.29) is 0 Å². The Morgan fingerprint density at radius 2 is 1.45 bits per heavy atom. The van der Waals surface area contributed by atoms with E-state index in [1.165, 1.54) is 44.1 Å². The monoisotopic (exact) mass is 291 g/mol. The Labute approximate surface area is 127 Å². The van der Waals surface area contributed by atoms with Gasteiger partial charge in [0.25, 0.3) is 0 Å². The van der Waals surface area contributed by atoms with Gasteiger partial charge >= 0.3 is 0 Å². The van der Waals surface area contributed by atoms with Gasteiger partial charge in [-0.2, -0.15) is 0 Å². The standard InChI is InChI=1S/C18H33NSi/c1-5-6-7-8-9-10-15-19-16-17-11-13-18(14-12-17)20(2,3)4/h11-14,19H,5-10,15-16H2,1-4H3. The lowest BCUT2D eigenvalue weighted by molar-refractivity contribution is 0.572. The SMILES string of the molecule is CCCCCCCCNCc1ccc([Si](C)(C)C)cc1. The van der Waals surface area contributed by atoms with E-state index in [1.54, 1.807) is 5.19 Å². The lowest BCUT2D eigenvalue weighted by Gasteiger charge is -2.16. The molecular weight excluding hydrogens is 258 g/mol. The number of unbranched alkanes of at least 4 members (excludes halogenated alkanes) is 5. The van der Waals surface area contributed by atoms with Gasteiger partial charge in [0.15, 0.2) is 0 Å². The molecule has 0 radical (unpaired) electrons. The molecular formula is C18H33NSi. The van der Waals surface area contributed by atoms with Gasteiger partial charge in [-0.25, -0.2) is 0 Å². The van der Waals surface area contributed by atoms with E-state index >= 15 is 0 Å². The average Bonchev–Trinajstić information content (AvgIpc) is 2.41. The molecule has 0 aliphatic carbocycles. The Balaban J connectivity index is 2.13. The van der Waals surface area contributed by atoms with E-state index in [1.807, 2.05) is 0 Å². The topological polar surface area (TPSA) is 12.0 Å². The Morgan fingerprint density at radius 1 is 0.850 bits per heavy atom. The van der Waals surface area contributed by atoms with E-state index in [4.69, 9.17) is 0 Å². The summed E-state index contributed by atoms with van der Waals surface area (Å²) >= 11 is 0. The number of rotatable bonds is 10. The zero-order chi connectivity index (χ0) is 14.8. The summed E-state index contributed by atoms with van der Waals surface area (Å²) in [6.07, 6.45) is 8.25. The Hall–Kier alpha value is -0.603. The quantitative estimate of drug-likeness (QED) is 0.487. The van der Waals surface area contributed by atoms with Crippen LogP contribution in [-0.2, 0) is 6.54 Å². The van der Waals surface area contributed by atoms with Crippen molar-refractivity contribution in [2.24, 2.45) is 0 Å². The van der Waals surface area contributed by atoms with Crippen molar-refractivity contribution < 1.29 is 0 Å². The second kappa shape index (κ2) is 9.35. The first-order valence-electron chi connectivity index (χ1n) is 8.34. The summed E-state index contributed by atoms with van der Waals surface area (Å²) in [4.78, 5) is 0. The van der Waals surface area contributed by atoms with Gasteiger partial charge < -0.3 is 5.32 Å². The summed E-state index contributed by atoms with van der Waals surface area (Å²) in [7, 11) is -1.14. The Bertz CT molecular complexity index is 351. The second-order valence-corrected chi connectivity index (χ2v) is 12.0. The second-order valence-electron chi connectivity index (χ2n) is 6.89. The third kappa shape index (κ3) is 7.25. The highest BCUT2D eigenvalue weighted by Crippen LogP contribution is 2.06. The molecule has 1 rings (SSSR count). The largest absolute Gasteiger partial charge is 0.313 e. The molecule has 0 aliphatic rings. The van der Waals surface area contributed by atoms with E-state index in [2.05, 4.69) is 56.1 Å². The minimum atomic E-state index is -1.14. The van der Waals surface area contributed by atoms with Crippen molar-refractivity contribution in [3.63, 3.8) is 0 Å². The van der Waals surface area contributed by atoms with Crippen molar-refractivity contribution in [1.82, 2.24) is 5.32 Å². The first-order chi connectivity index (χ1) is 9.54. The maximum absolute atomic E-state index is 3.56. The zero-order valence-electron chi connectivity index (χ0n) is 14.0. The van der Waals surface area contributed by atoms with E-state index in [0.717, 1.165) is 13.1 Å². The first kappa shape index (κ1) is 17.4. The molecule has 1 nitrogen and oxygen atoms in total. The van der Waals surface area contributed by atoms with Crippen molar-refractivity contribution in [3.05, 3.63) is 29.8 Å². The van der Waals surface area contributed by atoms with Crippen LogP contribution in [0.1, 0.15) is 51.0 Å². The molecule has 0 bridgehead atoms. The Morgan fingerprint density at radius 3 is 2.05 bits per heavy atom. The van der Waals surface area contributed by atoms with Crippen molar-refractivity contribution in [1.29, 1.82) is 0 Å². The van der Waals surface area contributed by atoms with Crippen LogP contribution >= 0.6 is 0 Å². The maximum Gasteiger partial charge on any atom is 0.0775 e. The summed E-state index contributed by atoms with van der Waals surface area (Å²) < 4.78 is 0. The molecule has 2 heteroatoms. The molecule has 1 aromatic carbocycles. The number of hydrogen-bond donors (Lipinski definition) is 1. The highest BCUT2D eigenvalue weighted by Gasteiger charge is 2.15. The molecule has 0 unspecified atom stereocenters. The molecule has 0 aliphatic heterocycles. The van der Waals surface area contributed by atoms with E-state index in [9.17, 15) is 0 Å². The predicted octanol–water partition coefficient (Wildman–Crippen LogP) is 4.68. The zero-order valence-corrected chi connectivity index (χ0v) is 15.0. The minimum absolute atomic E-state index is 1.01. The van der Waals surface area contributed by atoms with E-state index in [0.29, 0.717) is 0 Å². The predicted molar refractivity (Wildman–Crippen MR) is 94.5 cm³/mol. The highest BCUT2D eigenvalue weighted by molar-refractivity contribution is 6.88. The van der Waals surface area contributed by atoms with Crippen LogP contribution < -0.4 is 10.5 Å². The van der Waals surface area contributed by atoms with Crippen LogP contribution in [0.4, 0.5) is 0 Å². The minimum Gasteiger partial charge on any atom is -0.313 e. The average molecular weight is 292 g/mol. The number of nitrogens with one attached hydrogen (secondary N) is 1. The van der Waals surface area contributed by atoms with Crippen LogP contribution in [0.25, 0.3) is 0 Å². The van der Waals surface area contributed by atoms with Crippen molar-refractivity contribution in [3.8, 4) is 0 Å². The van der Waals surface area contributed by atoms with Gasteiger partial charge in [0.2, 0.25) is 0 Å². The summed E-state index contributed by atoms with van der Waals surface area (Å²) in [6.45, 7) is 11.6. The van der Waals surface area contributed by atoms with Gasteiger partial charge in [-0.15, -0.1) is 0 Å². The van der Waals surface area contributed by atoms with Gasteiger partial charge in [0.05, 0.1) is 8.07 Å². The smallest absolute Gasteiger partial charge is 0.0775 e. The highest BCUT2D eigenvalue weighted by atomic mass is 28.3. The van der Waals surface area contributed by atoms with Crippen molar-refractivity contribution in [2.75, 3.05) is 6.54 Å². The van der Waals surface area contributed by atoms with Crippen LogP contribution in [0.15, 0.2) is 24.3 Å². The third-order valence-corrected chi connectivity index (χ3v) is 5.92. The number of hydrogen-bond acceptors (Lipinski definition) is 1. The van der Waals surface area contributed by atoms with Crippen LogP contribution in [-0.4, -0.2) is 14.6 Å². The van der Waals surface area contributed by atoms with Crippen LogP contribution in [0.5, 0.6) is 0 Å². The fraction of sp³-hybridized carbons (Fsp3) is 0.667. The van der Waals surface area contributed by atoms with Crippen LogP contribution in [0.2, 0.25) is 19.6 Å². The third-order valence-electron chi connectivity index (χ3n) is 3.86. The van der Waals surface area contributed by atoms with Gasteiger partial charge in [-0.3, -0.25) is 0 Å². The molecule has 0 heterocycles. The molecule has 20 heavy (non-hydrogen) atoms. The van der Waals surface area contributed by atoms with Crippen LogP contribution in [0, 0.1) is 0 Å². The molecule has 0 amide bonds. The first-order valence-corrected chi connectivity index (χ1v) is 11.8. The fourth-order valence-corrected chi connectivity index (χ4v) is 3.55. The molecule has 0 aromatic heterocycles. The summed E-state index contributed by atoms with van der Waals surface area (Å²) in [5, 5.41) is 5.12. The van der Waals surface area contributed by atoms with Crippen LogP contribution in [0.3, 0.4) is 0 Å². The van der Waals surface area contributed by atoms with Gasteiger partial charge in [-0.1, -0.05) is 88.1 Å². The molecule has 0 fully saturated rings. The lowest BCUT2D eigenvalue weighted by atomic mass is 10.1. The normalized spacial score (nSPS) is 11.8. The summed E-state index contributed by atoms with van der Waals surface area (Å²) in [5.41, 5.74) is 1.41. The van der Waals surface area contributed by atoms with Gasteiger partial charge in [0.1, 0.15) is 0 Å². The van der Waals surface area contributed by atoms with Gasteiger partial charge in [0, 0.05) is 6.54 Å². The van der Waals surface area contributed by atoms with Crippen molar-refractivity contribution in [2.45, 2.75) is 71.6 Å². The van der Waals surface area contributed by atoms with Gasteiger partial charge in [-0.05, 0) is 18.5 Å². The van der Waals surface area contributed by atoms with Crippen molar-refractivity contribution >= 4 is 13.3 Å². The number of benzene rings is 1. The lowest BCUT2D eigenvalue weighted by Crippen LogP contribution is -2.37. The summed E-state index contributed by atoms with van der Waals surface area (Å²) in [5.74, 6) is 0. The van der Waals surface area contributed by atoms with E-state index < -0.39 is 8.07 Å². The maximum atomic E-state index is 3.56. The Kier molecular flexibility index (Phi) is 8.16. The molecule has 1 aromatic rings. The molecule has 0 spiro atoms. The molecule has 0 saturated heterocycles.